The molecule has 0 atom stereocenters. The topological polar surface area (TPSA) is 78.1 Å². The molecule has 0 saturated heterocycles. The third kappa shape index (κ3) is 3.48. The minimum Gasteiger partial charge on any atom is -0.376 e. The average molecular weight is 329 g/mol. The molecule has 0 aliphatic carbocycles. The third-order valence-electron chi connectivity index (χ3n) is 2.91. The van der Waals surface area contributed by atoms with Crippen LogP contribution in [0.15, 0.2) is 29.4 Å². The summed E-state index contributed by atoms with van der Waals surface area (Å²) >= 11 is 5.95. The molecule has 0 unspecified atom stereocenters. The molecule has 6 nitrogen and oxygen atoms in total. The van der Waals surface area contributed by atoms with E-state index in [1.165, 1.54) is 6.20 Å². The molecular weight excluding hydrogens is 312 g/mol. The lowest BCUT2D eigenvalue weighted by molar-refractivity contribution is 0.598. The van der Waals surface area contributed by atoms with E-state index in [4.69, 9.17) is 11.6 Å². The molecule has 0 amide bonds. The first-order valence-corrected chi connectivity index (χ1v) is 8.23. The van der Waals surface area contributed by atoms with Crippen molar-refractivity contribution in [3.05, 3.63) is 35.2 Å². The Kier molecular flexibility index (Phi) is 4.43. The third-order valence-corrected chi connectivity index (χ3v) is 4.42. The van der Waals surface area contributed by atoms with Crippen molar-refractivity contribution in [3.8, 4) is 0 Å². The van der Waals surface area contributed by atoms with Crippen LogP contribution in [0, 0.1) is 0 Å². The standard InChI is InChI=1S/C13H17ClN4O2S/c1-4-12-15-8-13(16-12)21(19,20)17-10-7-9(14)5-6-11(10)18(2)3/h5-8,17H,4H2,1-3H3,(H,15,16). The molecule has 0 radical (unpaired) electrons. The van der Waals surface area contributed by atoms with Gasteiger partial charge in [-0.15, -0.1) is 0 Å². The number of aryl methyl sites for hydroxylation is 1. The highest BCUT2D eigenvalue weighted by Crippen LogP contribution is 2.29. The quantitative estimate of drug-likeness (QED) is 0.884. The lowest BCUT2D eigenvalue weighted by atomic mass is 10.2. The first-order valence-electron chi connectivity index (χ1n) is 6.37. The zero-order valence-corrected chi connectivity index (χ0v) is 13.6. The Labute approximate surface area is 129 Å². The molecule has 0 aliphatic rings. The van der Waals surface area contributed by atoms with Gasteiger partial charge in [-0.3, -0.25) is 4.72 Å². The van der Waals surface area contributed by atoms with E-state index in [2.05, 4.69) is 14.7 Å². The Hall–Kier alpha value is -1.73. The predicted molar refractivity (Wildman–Crippen MR) is 84.6 cm³/mol. The summed E-state index contributed by atoms with van der Waals surface area (Å²) < 4.78 is 27.3. The van der Waals surface area contributed by atoms with Crippen molar-refractivity contribution >= 4 is 33.0 Å². The summed E-state index contributed by atoms with van der Waals surface area (Å²) in [5.41, 5.74) is 1.14. The second kappa shape index (κ2) is 5.95. The molecule has 21 heavy (non-hydrogen) atoms. The molecule has 2 aromatic rings. The predicted octanol–water partition coefficient (Wildman–Crippen LogP) is 2.49. The van der Waals surface area contributed by atoms with Gasteiger partial charge in [0.15, 0.2) is 5.03 Å². The van der Waals surface area contributed by atoms with Crippen molar-refractivity contribution < 1.29 is 8.42 Å². The minimum absolute atomic E-state index is 0.0315. The number of anilines is 2. The summed E-state index contributed by atoms with van der Waals surface area (Å²) in [5.74, 6) is 0.620. The maximum atomic E-state index is 12.4. The number of benzene rings is 1. The number of nitrogens with one attached hydrogen (secondary N) is 2. The van der Waals surface area contributed by atoms with Gasteiger partial charge in [0.2, 0.25) is 0 Å². The van der Waals surface area contributed by atoms with Gasteiger partial charge in [0.25, 0.3) is 10.0 Å². The highest BCUT2D eigenvalue weighted by molar-refractivity contribution is 7.92. The molecule has 1 aromatic heterocycles. The van der Waals surface area contributed by atoms with Crippen molar-refractivity contribution in [1.29, 1.82) is 0 Å². The van der Waals surface area contributed by atoms with E-state index >= 15 is 0 Å². The monoisotopic (exact) mass is 328 g/mol. The fourth-order valence-corrected chi connectivity index (χ4v) is 3.02. The van der Waals surface area contributed by atoms with E-state index in [1.54, 1.807) is 23.1 Å². The Balaban J connectivity index is 2.38. The van der Waals surface area contributed by atoms with E-state index in [-0.39, 0.29) is 5.03 Å². The van der Waals surface area contributed by atoms with Crippen molar-refractivity contribution in [2.24, 2.45) is 0 Å². The van der Waals surface area contributed by atoms with Crippen molar-refractivity contribution in [2.75, 3.05) is 23.7 Å². The first kappa shape index (κ1) is 15.7. The second-order valence-corrected chi connectivity index (χ2v) is 6.80. The molecule has 1 aromatic carbocycles. The molecule has 2 rings (SSSR count). The van der Waals surface area contributed by atoms with Gasteiger partial charge < -0.3 is 9.88 Å². The van der Waals surface area contributed by atoms with E-state index in [0.29, 0.717) is 23.0 Å². The molecule has 8 heteroatoms. The van der Waals surface area contributed by atoms with Gasteiger partial charge in [-0.05, 0) is 18.2 Å². The summed E-state index contributed by atoms with van der Waals surface area (Å²) in [4.78, 5) is 8.59. The molecule has 0 aliphatic heterocycles. The number of halogens is 1. The zero-order chi connectivity index (χ0) is 15.6. The van der Waals surface area contributed by atoms with Gasteiger partial charge in [-0.25, -0.2) is 4.98 Å². The number of aromatic nitrogens is 2. The van der Waals surface area contributed by atoms with Crippen LogP contribution in [-0.4, -0.2) is 32.5 Å². The molecule has 0 spiro atoms. The van der Waals surface area contributed by atoms with Crippen LogP contribution in [0.2, 0.25) is 5.02 Å². The van der Waals surface area contributed by atoms with Crippen LogP contribution in [0.25, 0.3) is 0 Å². The van der Waals surface area contributed by atoms with Gasteiger partial charge in [-0.2, -0.15) is 8.42 Å². The van der Waals surface area contributed by atoms with Crippen LogP contribution in [0.3, 0.4) is 0 Å². The number of sulfonamides is 1. The fourth-order valence-electron chi connectivity index (χ4n) is 1.84. The van der Waals surface area contributed by atoms with E-state index in [0.717, 1.165) is 5.69 Å². The zero-order valence-electron chi connectivity index (χ0n) is 12.0. The average Bonchev–Trinajstić information content (AvgIpc) is 2.87. The van der Waals surface area contributed by atoms with Gasteiger partial charge in [0.05, 0.1) is 17.6 Å². The second-order valence-electron chi connectivity index (χ2n) is 4.71. The van der Waals surface area contributed by atoms with E-state index in [1.807, 2.05) is 21.0 Å². The number of hydrogen-bond donors (Lipinski definition) is 2. The van der Waals surface area contributed by atoms with E-state index < -0.39 is 10.0 Å². The lowest BCUT2D eigenvalue weighted by Gasteiger charge is -2.18. The molecular formula is C13H17ClN4O2S. The maximum absolute atomic E-state index is 12.4. The molecule has 0 bridgehead atoms. The van der Waals surface area contributed by atoms with Crippen LogP contribution in [0.4, 0.5) is 11.4 Å². The Bertz CT molecular complexity index is 740. The lowest BCUT2D eigenvalue weighted by Crippen LogP contribution is -2.17. The van der Waals surface area contributed by atoms with Gasteiger partial charge in [0.1, 0.15) is 5.82 Å². The van der Waals surface area contributed by atoms with Crippen LogP contribution in [0.1, 0.15) is 12.7 Å². The number of rotatable bonds is 5. The number of aromatic amines is 1. The Morgan fingerprint density at radius 1 is 1.38 bits per heavy atom. The smallest absolute Gasteiger partial charge is 0.279 e. The van der Waals surface area contributed by atoms with Gasteiger partial charge >= 0.3 is 0 Å². The van der Waals surface area contributed by atoms with Gasteiger partial charge in [0, 0.05) is 25.5 Å². The number of hydrogen-bond acceptors (Lipinski definition) is 4. The maximum Gasteiger partial charge on any atom is 0.279 e. The highest BCUT2D eigenvalue weighted by Gasteiger charge is 2.19. The number of nitrogens with zero attached hydrogens (tertiary/aromatic N) is 2. The number of imidazole rings is 1. The Morgan fingerprint density at radius 2 is 2.10 bits per heavy atom. The Morgan fingerprint density at radius 3 is 2.67 bits per heavy atom. The summed E-state index contributed by atoms with van der Waals surface area (Å²) in [6, 6.07) is 5.04. The van der Waals surface area contributed by atoms with Gasteiger partial charge in [-0.1, -0.05) is 18.5 Å². The summed E-state index contributed by atoms with van der Waals surface area (Å²) in [5, 5.41) is 0.487. The van der Waals surface area contributed by atoms with Crippen LogP contribution in [0.5, 0.6) is 0 Å². The largest absolute Gasteiger partial charge is 0.376 e. The summed E-state index contributed by atoms with van der Waals surface area (Å²) in [6.07, 6.45) is 1.94. The fraction of sp³-hybridized carbons (Fsp3) is 0.308. The number of H-pyrrole nitrogens is 1. The molecule has 1 heterocycles. The first-order chi connectivity index (χ1) is 9.83. The van der Waals surface area contributed by atoms with Crippen LogP contribution in [-0.2, 0) is 16.4 Å². The normalized spacial score (nSPS) is 11.4. The minimum atomic E-state index is -3.73. The van der Waals surface area contributed by atoms with Crippen molar-refractivity contribution in [2.45, 2.75) is 18.4 Å². The molecule has 2 N–H and O–H groups in total. The van der Waals surface area contributed by atoms with Crippen molar-refractivity contribution in [1.82, 2.24) is 9.97 Å². The van der Waals surface area contributed by atoms with Crippen molar-refractivity contribution in [3.63, 3.8) is 0 Å². The summed E-state index contributed by atoms with van der Waals surface area (Å²) in [6.45, 7) is 1.89. The molecule has 0 fully saturated rings. The molecule has 114 valence electrons. The highest BCUT2D eigenvalue weighted by atomic mass is 35.5. The molecule has 0 saturated carbocycles. The van der Waals surface area contributed by atoms with Crippen LogP contribution < -0.4 is 9.62 Å². The van der Waals surface area contributed by atoms with E-state index in [9.17, 15) is 8.42 Å². The summed E-state index contributed by atoms with van der Waals surface area (Å²) in [7, 11) is -0.0771. The van der Waals surface area contributed by atoms with Crippen LogP contribution >= 0.6 is 11.6 Å². The SMILES string of the molecule is CCc1ncc(S(=O)(=O)Nc2cc(Cl)ccc2N(C)C)[nH]1.